The highest BCUT2D eigenvalue weighted by atomic mass is 35.5. The molecule has 1 amide bonds. The number of benzene rings is 1. The van der Waals surface area contributed by atoms with Gasteiger partial charge in [-0.05, 0) is 17.7 Å². The van der Waals surface area contributed by atoms with Crippen LogP contribution in [0.2, 0.25) is 0 Å². The summed E-state index contributed by atoms with van der Waals surface area (Å²) in [6.07, 6.45) is 0.169. The van der Waals surface area contributed by atoms with Gasteiger partial charge in [0.25, 0.3) is 5.91 Å². The maximum absolute atomic E-state index is 11.6. The van der Waals surface area contributed by atoms with Crippen molar-refractivity contribution in [3.05, 3.63) is 35.4 Å². The van der Waals surface area contributed by atoms with Crippen LogP contribution in [0.25, 0.3) is 0 Å². The fourth-order valence-electron chi connectivity index (χ4n) is 1.23. The quantitative estimate of drug-likeness (QED) is 0.644. The molecule has 1 rings (SSSR count). The number of ether oxygens (including phenoxy) is 1. The van der Waals surface area contributed by atoms with E-state index in [0.29, 0.717) is 11.4 Å². The minimum atomic E-state index is -0.345. The van der Waals surface area contributed by atoms with Crippen molar-refractivity contribution in [2.24, 2.45) is 0 Å². The van der Waals surface area contributed by atoms with Gasteiger partial charge in [0.15, 0.2) is 0 Å². The molecule has 0 heterocycles. The first kappa shape index (κ1) is 13.5. The van der Waals surface area contributed by atoms with Crippen LogP contribution in [0.5, 0.6) is 0 Å². The van der Waals surface area contributed by atoms with Gasteiger partial charge in [-0.1, -0.05) is 12.1 Å². The Morgan fingerprint density at radius 3 is 2.47 bits per heavy atom. The number of carbonyl (C=O) groups excluding carboxylic acids is 2. The summed E-state index contributed by atoms with van der Waals surface area (Å²) in [5.41, 5.74) is 1.50. The van der Waals surface area contributed by atoms with Crippen LogP contribution >= 0.6 is 11.6 Å². The van der Waals surface area contributed by atoms with E-state index in [4.69, 9.17) is 11.6 Å². The number of esters is 1. The summed E-state index contributed by atoms with van der Waals surface area (Å²) < 4.78 is 4.46. The molecule has 0 saturated carbocycles. The molecule has 0 aliphatic carbocycles. The van der Waals surface area contributed by atoms with E-state index in [-0.39, 0.29) is 24.8 Å². The number of amides is 1. The first-order chi connectivity index (χ1) is 8.17. The highest BCUT2D eigenvalue weighted by molar-refractivity contribution is 6.17. The van der Waals surface area contributed by atoms with Crippen molar-refractivity contribution in [3.63, 3.8) is 0 Å². The molecule has 0 unspecified atom stereocenters. The zero-order valence-corrected chi connectivity index (χ0v) is 10.3. The Kier molecular flexibility index (Phi) is 5.49. The summed E-state index contributed by atoms with van der Waals surface area (Å²) in [5, 5.41) is 2.63. The predicted molar refractivity (Wildman–Crippen MR) is 65.0 cm³/mol. The number of rotatable bonds is 5. The summed E-state index contributed by atoms with van der Waals surface area (Å²) in [7, 11) is 1.31. The first-order valence-electron chi connectivity index (χ1n) is 5.17. The van der Waals surface area contributed by atoms with Crippen LogP contribution < -0.4 is 5.32 Å². The molecular formula is C12H14ClNO3. The summed E-state index contributed by atoms with van der Waals surface area (Å²) in [5.74, 6) is -0.137. The normalized spacial score (nSPS) is 9.76. The highest BCUT2D eigenvalue weighted by Gasteiger charge is 2.06. The first-order valence-corrected chi connectivity index (χ1v) is 5.70. The van der Waals surface area contributed by atoms with E-state index < -0.39 is 0 Å². The number of hydrogen-bond donors (Lipinski definition) is 1. The summed E-state index contributed by atoms with van der Waals surface area (Å²) in [6, 6.07) is 6.99. The van der Waals surface area contributed by atoms with Gasteiger partial charge in [0.2, 0.25) is 0 Å². The topological polar surface area (TPSA) is 55.4 Å². The Morgan fingerprint density at radius 2 is 1.94 bits per heavy atom. The van der Waals surface area contributed by atoms with E-state index in [0.717, 1.165) is 5.56 Å². The molecule has 1 aromatic rings. The van der Waals surface area contributed by atoms with Gasteiger partial charge in [-0.3, -0.25) is 9.59 Å². The molecule has 0 spiro atoms. The lowest BCUT2D eigenvalue weighted by molar-refractivity contribution is -0.140. The fourth-order valence-corrected chi connectivity index (χ4v) is 1.41. The molecule has 0 bridgehead atoms. The second-order valence-electron chi connectivity index (χ2n) is 3.41. The van der Waals surface area contributed by atoms with E-state index >= 15 is 0 Å². The molecule has 17 heavy (non-hydrogen) atoms. The Morgan fingerprint density at radius 1 is 1.29 bits per heavy atom. The van der Waals surface area contributed by atoms with Crippen molar-refractivity contribution in [1.29, 1.82) is 0 Å². The van der Waals surface area contributed by atoms with Crippen LogP contribution in [0.15, 0.2) is 24.3 Å². The summed E-state index contributed by atoms with van der Waals surface area (Å²) >= 11 is 5.64. The number of methoxy groups -OCH3 is 1. The lowest BCUT2D eigenvalue weighted by Gasteiger charge is -2.04. The monoisotopic (exact) mass is 255 g/mol. The fraction of sp³-hybridized carbons (Fsp3) is 0.333. The van der Waals surface area contributed by atoms with Crippen molar-refractivity contribution in [1.82, 2.24) is 5.32 Å². The van der Waals surface area contributed by atoms with Crippen LogP contribution in [-0.2, 0) is 15.4 Å². The second-order valence-corrected chi connectivity index (χ2v) is 3.68. The third-order valence-electron chi connectivity index (χ3n) is 2.21. The Bertz CT molecular complexity index is 389. The standard InChI is InChI=1S/C12H14ClNO3/c1-17-11(15)6-7-14-12(16)10-4-2-9(8-13)3-5-10/h2-5H,6-8H2,1H3,(H,14,16). The van der Waals surface area contributed by atoms with Gasteiger partial charge in [0, 0.05) is 18.0 Å². The zero-order chi connectivity index (χ0) is 12.7. The SMILES string of the molecule is COC(=O)CCNC(=O)c1ccc(CCl)cc1. The largest absolute Gasteiger partial charge is 0.469 e. The molecule has 92 valence electrons. The number of carbonyl (C=O) groups is 2. The molecule has 0 aliphatic heterocycles. The average molecular weight is 256 g/mol. The summed E-state index contributed by atoms with van der Waals surface area (Å²) in [4.78, 5) is 22.4. The van der Waals surface area contributed by atoms with Gasteiger partial charge in [-0.2, -0.15) is 0 Å². The molecule has 0 fully saturated rings. The van der Waals surface area contributed by atoms with Crippen molar-refractivity contribution >= 4 is 23.5 Å². The van der Waals surface area contributed by atoms with Crippen molar-refractivity contribution < 1.29 is 14.3 Å². The van der Waals surface area contributed by atoms with E-state index in [1.54, 1.807) is 24.3 Å². The van der Waals surface area contributed by atoms with Crippen LogP contribution in [0.4, 0.5) is 0 Å². The van der Waals surface area contributed by atoms with Crippen molar-refractivity contribution in [2.45, 2.75) is 12.3 Å². The highest BCUT2D eigenvalue weighted by Crippen LogP contribution is 2.06. The van der Waals surface area contributed by atoms with Crippen molar-refractivity contribution in [2.75, 3.05) is 13.7 Å². The van der Waals surface area contributed by atoms with Crippen molar-refractivity contribution in [3.8, 4) is 0 Å². The van der Waals surface area contributed by atoms with Crippen LogP contribution in [0.1, 0.15) is 22.3 Å². The third kappa shape index (κ3) is 4.44. The van der Waals surface area contributed by atoms with Gasteiger partial charge in [0.1, 0.15) is 0 Å². The lowest BCUT2D eigenvalue weighted by Crippen LogP contribution is -2.26. The van der Waals surface area contributed by atoms with E-state index in [2.05, 4.69) is 10.1 Å². The molecule has 0 aliphatic rings. The molecule has 0 radical (unpaired) electrons. The molecule has 0 saturated heterocycles. The van der Waals surface area contributed by atoms with Crippen LogP contribution in [-0.4, -0.2) is 25.5 Å². The lowest BCUT2D eigenvalue weighted by atomic mass is 10.1. The summed E-state index contributed by atoms with van der Waals surface area (Å²) in [6.45, 7) is 0.267. The van der Waals surface area contributed by atoms with E-state index in [1.165, 1.54) is 7.11 Å². The Labute approximate surface area is 105 Å². The average Bonchev–Trinajstić information content (AvgIpc) is 2.38. The maximum Gasteiger partial charge on any atom is 0.307 e. The van der Waals surface area contributed by atoms with Gasteiger partial charge in [0.05, 0.1) is 13.5 Å². The van der Waals surface area contributed by atoms with Crippen LogP contribution in [0.3, 0.4) is 0 Å². The minimum absolute atomic E-state index is 0.169. The smallest absolute Gasteiger partial charge is 0.307 e. The molecular weight excluding hydrogens is 242 g/mol. The third-order valence-corrected chi connectivity index (χ3v) is 2.52. The van der Waals surface area contributed by atoms with E-state index in [9.17, 15) is 9.59 Å². The van der Waals surface area contributed by atoms with Crippen LogP contribution in [0, 0.1) is 0 Å². The second kappa shape index (κ2) is 6.91. The number of alkyl halides is 1. The predicted octanol–water partition coefficient (Wildman–Crippen LogP) is 1.72. The van der Waals surface area contributed by atoms with E-state index in [1.807, 2.05) is 0 Å². The Hall–Kier alpha value is -1.55. The molecule has 1 N–H and O–H groups in total. The molecule has 1 aromatic carbocycles. The number of halogens is 1. The molecule has 0 aromatic heterocycles. The van der Waals surface area contributed by atoms with Gasteiger partial charge < -0.3 is 10.1 Å². The van der Waals surface area contributed by atoms with Gasteiger partial charge in [-0.15, -0.1) is 11.6 Å². The minimum Gasteiger partial charge on any atom is -0.469 e. The number of hydrogen-bond acceptors (Lipinski definition) is 3. The molecule has 4 nitrogen and oxygen atoms in total. The van der Waals surface area contributed by atoms with Gasteiger partial charge in [-0.25, -0.2) is 0 Å². The van der Waals surface area contributed by atoms with Gasteiger partial charge >= 0.3 is 5.97 Å². The Balaban J connectivity index is 2.44. The molecule has 0 atom stereocenters. The number of nitrogens with one attached hydrogen (secondary N) is 1. The maximum atomic E-state index is 11.6. The zero-order valence-electron chi connectivity index (χ0n) is 9.53. The molecule has 5 heteroatoms.